The van der Waals surface area contributed by atoms with Crippen LogP contribution < -0.4 is 5.73 Å². The Morgan fingerprint density at radius 3 is 2.70 bits per heavy atom. The molecule has 5 heteroatoms. The van der Waals surface area contributed by atoms with E-state index in [0.717, 1.165) is 18.4 Å². The van der Waals surface area contributed by atoms with Gasteiger partial charge in [-0.25, -0.2) is 4.79 Å². The van der Waals surface area contributed by atoms with E-state index < -0.39 is 17.9 Å². The molecule has 1 rings (SSSR count). The van der Waals surface area contributed by atoms with Crippen molar-refractivity contribution in [2.75, 3.05) is 18.9 Å². The molecule has 110 valence electrons. The number of hydrogen-bond acceptors (Lipinski definition) is 5. The van der Waals surface area contributed by atoms with Crippen LogP contribution in [0, 0.1) is 0 Å². The van der Waals surface area contributed by atoms with E-state index in [4.69, 9.17) is 15.2 Å². The predicted octanol–water partition coefficient (Wildman–Crippen LogP) is 2.26. The van der Waals surface area contributed by atoms with Gasteiger partial charge in [0.05, 0.1) is 12.5 Å². The van der Waals surface area contributed by atoms with E-state index in [-0.39, 0.29) is 6.61 Å². The zero-order valence-electron chi connectivity index (χ0n) is 11.9. The molecular weight excluding hydrogens is 258 g/mol. The standard InChI is InChI=1S/C15H21NO4/c1-3-4-8-19-14(17)10-20-15(18)11(2)12-6-5-7-13(16)9-12/h5-7,9,11H,3-4,8,10,16H2,1-2H3. The molecule has 0 aliphatic heterocycles. The number of nitrogen functional groups attached to an aromatic ring is 1. The first-order chi connectivity index (χ1) is 9.54. The molecule has 2 N–H and O–H groups in total. The second kappa shape index (κ2) is 8.19. The van der Waals surface area contributed by atoms with E-state index in [9.17, 15) is 9.59 Å². The van der Waals surface area contributed by atoms with E-state index in [1.54, 1.807) is 31.2 Å². The molecule has 0 saturated carbocycles. The minimum absolute atomic E-state index is 0.352. The highest BCUT2D eigenvalue weighted by Gasteiger charge is 2.18. The van der Waals surface area contributed by atoms with Crippen LogP contribution in [0.4, 0.5) is 5.69 Å². The molecule has 0 fully saturated rings. The molecule has 5 nitrogen and oxygen atoms in total. The molecule has 1 aromatic rings. The molecule has 0 aromatic heterocycles. The number of carbonyl (C=O) groups excluding carboxylic acids is 2. The molecule has 0 heterocycles. The highest BCUT2D eigenvalue weighted by atomic mass is 16.6. The fourth-order valence-electron chi connectivity index (χ4n) is 1.59. The fourth-order valence-corrected chi connectivity index (χ4v) is 1.59. The summed E-state index contributed by atoms with van der Waals surface area (Å²) in [6.45, 7) is 3.72. The zero-order chi connectivity index (χ0) is 15.0. The number of anilines is 1. The van der Waals surface area contributed by atoms with E-state index in [1.807, 2.05) is 6.92 Å². The second-order valence-corrected chi connectivity index (χ2v) is 4.57. The second-order valence-electron chi connectivity index (χ2n) is 4.57. The SMILES string of the molecule is CCCCOC(=O)COC(=O)C(C)c1cccc(N)c1. The summed E-state index contributed by atoms with van der Waals surface area (Å²) in [6, 6.07) is 7.02. The van der Waals surface area contributed by atoms with Gasteiger partial charge in [-0.1, -0.05) is 25.5 Å². The quantitative estimate of drug-likeness (QED) is 0.470. The van der Waals surface area contributed by atoms with Gasteiger partial charge in [-0.15, -0.1) is 0 Å². The van der Waals surface area contributed by atoms with E-state index in [1.165, 1.54) is 0 Å². The van der Waals surface area contributed by atoms with E-state index in [0.29, 0.717) is 12.3 Å². The van der Waals surface area contributed by atoms with Crippen LogP contribution in [0.2, 0.25) is 0 Å². The lowest BCUT2D eigenvalue weighted by Crippen LogP contribution is -2.20. The Morgan fingerprint density at radius 2 is 2.05 bits per heavy atom. The number of ether oxygens (including phenoxy) is 2. The molecule has 0 spiro atoms. The molecule has 1 unspecified atom stereocenters. The molecule has 0 saturated heterocycles. The van der Waals surface area contributed by atoms with Crippen LogP contribution in [0.25, 0.3) is 0 Å². The number of nitrogens with two attached hydrogens (primary N) is 1. The Labute approximate surface area is 119 Å². The van der Waals surface area contributed by atoms with Gasteiger partial charge in [0, 0.05) is 5.69 Å². The van der Waals surface area contributed by atoms with Crippen molar-refractivity contribution >= 4 is 17.6 Å². The van der Waals surface area contributed by atoms with Gasteiger partial charge in [0.2, 0.25) is 0 Å². The lowest BCUT2D eigenvalue weighted by Gasteiger charge is -2.12. The maximum absolute atomic E-state index is 11.8. The molecule has 0 bridgehead atoms. The maximum Gasteiger partial charge on any atom is 0.344 e. The molecule has 0 aliphatic rings. The zero-order valence-corrected chi connectivity index (χ0v) is 11.9. The van der Waals surface area contributed by atoms with Crippen LogP contribution in [-0.4, -0.2) is 25.2 Å². The van der Waals surface area contributed by atoms with Crippen molar-refractivity contribution < 1.29 is 19.1 Å². The van der Waals surface area contributed by atoms with Gasteiger partial charge in [0.25, 0.3) is 0 Å². The highest BCUT2D eigenvalue weighted by Crippen LogP contribution is 2.18. The Morgan fingerprint density at radius 1 is 1.30 bits per heavy atom. The number of benzene rings is 1. The van der Waals surface area contributed by atoms with Gasteiger partial charge in [-0.2, -0.15) is 0 Å². The number of rotatable bonds is 7. The van der Waals surface area contributed by atoms with Crippen molar-refractivity contribution in [3.8, 4) is 0 Å². The fraction of sp³-hybridized carbons (Fsp3) is 0.467. The van der Waals surface area contributed by atoms with Crippen LogP contribution in [-0.2, 0) is 19.1 Å². The molecule has 1 aromatic carbocycles. The first kappa shape index (κ1) is 16.0. The summed E-state index contributed by atoms with van der Waals surface area (Å²) < 4.78 is 9.84. The van der Waals surface area contributed by atoms with Crippen molar-refractivity contribution in [3.05, 3.63) is 29.8 Å². The first-order valence-electron chi connectivity index (χ1n) is 6.72. The van der Waals surface area contributed by atoms with E-state index in [2.05, 4.69) is 0 Å². The minimum Gasteiger partial charge on any atom is -0.463 e. The van der Waals surface area contributed by atoms with Gasteiger partial charge in [0.1, 0.15) is 0 Å². The van der Waals surface area contributed by atoms with Crippen LogP contribution in [0.3, 0.4) is 0 Å². The monoisotopic (exact) mass is 279 g/mol. The molecule has 0 radical (unpaired) electrons. The summed E-state index contributed by atoms with van der Waals surface area (Å²) >= 11 is 0. The van der Waals surface area contributed by atoms with Gasteiger partial charge >= 0.3 is 11.9 Å². The highest BCUT2D eigenvalue weighted by molar-refractivity contribution is 5.81. The Bertz CT molecular complexity index is 459. The third kappa shape index (κ3) is 5.30. The summed E-state index contributed by atoms with van der Waals surface area (Å²) in [6.07, 6.45) is 1.75. The molecule has 20 heavy (non-hydrogen) atoms. The number of unbranched alkanes of at least 4 members (excludes halogenated alkanes) is 1. The number of carbonyl (C=O) groups is 2. The topological polar surface area (TPSA) is 78.6 Å². The van der Waals surface area contributed by atoms with Crippen LogP contribution in [0.15, 0.2) is 24.3 Å². The normalized spacial score (nSPS) is 11.7. The van der Waals surface area contributed by atoms with Crippen molar-refractivity contribution in [2.24, 2.45) is 0 Å². The third-order valence-corrected chi connectivity index (χ3v) is 2.86. The van der Waals surface area contributed by atoms with Gasteiger partial charge in [0.15, 0.2) is 6.61 Å². The number of esters is 2. The lowest BCUT2D eigenvalue weighted by atomic mass is 10.0. The average molecular weight is 279 g/mol. The largest absolute Gasteiger partial charge is 0.463 e. The summed E-state index contributed by atoms with van der Waals surface area (Å²) in [4.78, 5) is 23.1. The Balaban J connectivity index is 2.40. The van der Waals surface area contributed by atoms with Crippen LogP contribution in [0.1, 0.15) is 38.2 Å². The van der Waals surface area contributed by atoms with Crippen molar-refractivity contribution in [1.29, 1.82) is 0 Å². The van der Waals surface area contributed by atoms with Gasteiger partial charge in [-0.3, -0.25) is 4.79 Å². The average Bonchev–Trinajstić information content (AvgIpc) is 2.44. The Kier molecular flexibility index (Phi) is 6.56. The third-order valence-electron chi connectivity index (χ3n) is 2.86. The van der Waals surface area contributed by atoms with Crippen molar-refractivity contribution in [2.45, 2.75) is 32.6 Å². The Hall–Kier alpha value is -2.04. The van der Waals surface area contributed by atoms with Gasteiger partial charge in [-0.05, 0) is 31.0 Å². The molecular formula is C15H21NO4. The maximum atomic E-state index is 11.8. The number of hydrogen-bond donors (Lipinski definition) is 1. The smallest absolute Gasteiger partial charge is 0.344 e. The summed E-state index contributed by atoms with van der Waals surface area (Å²) in [7, 11) is 0. The lowest BCUT2D eigenvalue weighted by molar-refractivity contribution is -0.159. The summed E-state index contributed by atoms with van der Waals surface area (Å²) in [5.41, 5.74) is 7.00. The molecule has 1 atom stereocenters. The van der Waals surface area contributed by atoms with Crippen molar-refractivity contribution in [1.82, 2.24) is 0 Å². The summed E-state index contributed by atoms with van der Waals surface area (Å²) in [5, 5.41) is 0. The van der Waals surface area contributed by atoms with Crippen LogP contribution in [0.5, 0.6) is 0 Å². The van der Waals surface area contributed by atoms with Crippen LogP contribution >= 0.6 is 0 Å². The van der Waals surface area contributed by atoms with Gasteiger partial charge < -0.3 is 15.2 Å². The first-order valence-corrected chi connectivity index (χ1v) is 6.72. The minimum atomic E-state index is -0.522. The summed E-state index contributed by atoms with van der Waals surface area (Å²) in [5.74, 6) is -1.46. The molecule has 0 amide bonds. The van der Waals surface area contributed by atoms with Crippen molar-refractivity contribution in [3.63, 3.8) is 0 Å². The predicted molar refractivity (Wildman–Crippen MR) is 76.1 cm³/mol. The van der Waals surface area contributed by atoms with E-state index >= 15 is 0 Å². The molecule has 0 aliphatic carbocycles.